The van der Waals surface area contributed by atoms with Crippen LogP contribution in [-0.2, 0) is 17.3 Å². The minimum atomic E-state index is -0.847. The monoisotopic (exact) mass is 376 g/mol. The lowest BCUT2D eigenvalue weighted by Crippen LogP contribution is -2.40. The van der Waals surface area contributed by atoms with Crippen molar-refractivity contribution in [1.29, 1.82) is 0 Å². The quantitative estimate of drug-likeness (QED) is 0.423. The largest absolute Gasteiger partial charge is 0.357 e. The third-order valence-electron chi connectivity index (χ3n) is 4.11. The summed E-state index contributed by atoms with van der Waals surface area (Å²) < 4.78 is 14.2. The smallest absolute Gasteiger partial charge is 0.191 e. The second kappa shape index (κ2) is 9.76. The summed E-state index contributed by atoms with van der Waals surface area (Å²) in [7, 11) is -0.847. The molecule has 0 fully saturated rings. The Labute approximate surface area is 159 Å². The first kappa shape index (κ1) is 20.5. The van der Waals surface area contributed by atoms with Gasteiger partial charge in [0.25, 0.3) is 0 Å². The highest BCUT2D eigenvalue weighted by Gasteiger charge is 2.18. The molecule has 1 unspecified atom stereocenters. The maximum atomic E-state index is 12.1. The standard InChI is InChI=1S/C20H32N4OS/c1-5-21-19(23-13-16-26(25)20(2,3)4)22-12-8-14-24-15-11-17-9-6-7-10-18(17)24/h6-7,9-11,15H,5,8,12-14,16H2,1-4H3,(H2,21,22,23). The molecule has 1 heterocycles. The molecule has 1 aromatic carbocycles. The molecule has 2 N–H and O–H groups in total. The van der Waals surface area contributed by atoms with Gasteiger partial charge in [0.2, 0.25) is 0 Å². The van der Waals surface area contributed by atoms with Crippen LogP contribution >= 0.6 is 0 Å². The van der Waals surface area contributed by atoms with Crippen LogP contribution < -0.4 is 10.6 Å². The van der Waals surface area contributed by atoms with Gasteiger partial charge in [0, 0.05) is 59.2 Å². The number of rotatable bonds is 8. The number of aromatic nitrogens is 1. The Morgan fingerprint density at radius 3 is 2.69 bits per heavy atom. The fourth-order valence-electron chi connectivity index (χ4n) is 2.68. The van der Waals surface area contributed by atoms with Gasteiger partial charge < -0.3 is 15.2 Å². The number of aliphatic imine (C=N–C) groups is 1. The van der Waals surface area contributed by atoms with Gasteiger partial charge in [-0.2, -0.15) is 0 Å². The number of nitrogens with one attached hydrogen (secondary N) is 2. The van der Waals surface area contributed by atoms with Crippen LogP contribution in [0.15, 0.2) is 41.5 Å². The van der Waals surface area contributed by atoms with Gasteiger partial charge in [0.05, 0.1) is 0 Å². The van der Waals surface area contributed by atoms with Crippen molar-refractivity contribution in [3.63, 3.8) is 0 Å². The predicted octanol–water partition coefficient (Wildman–Crippen LogP) is 3.13. The van der Waals surface area contributed by atoms with Crippen LogP contribution in [0.4, 0.5) is 0 Å². The molecule has 0 aliphatic carbocycles. The zero-order valence-corrected chi connectivity index (χ0v) is 17.2. The molecule has 0 saturated heterocycles. The van der Waals surface area contributed by atoms with Gasteiger partial charge in [0.1, 0.15) is 0 Å². The van der Waals surface area contributed by atoms with Gasteiger partial charge in [-0.3, -0.25) is 9.20 Å². The Kier molecular flexibility index (Phi) is 7.69. The maximum Gasteiger partial charge on any atom is 0.191 e. The Balaban J connectivity index is 1.80. The van der Waals surface area contributed by atoms with E-state index in [0.29, 0.717) is 12.3 Å². The third-order valence-corrected chi connectivity index (χ3v) is 6.06. The average molecular weight is 377 g/mol. The van der Waals surface area contributed by atoms with Crippen molar-refractivity contribution in [3.05, 3.63) is 36.5 Å². The molecule has 0 aliphatic rings. The molecule has 0 amide bonds. The number of guanidine groups is 1. The Morgan fingerprint density at radius 1 is 1.19 bits per heavy atom. The van der Waals surface area contributed by atoms with Gasteiger partial charge in [-0.1, -0.05) is 18.2 Å². The summed E-state index contributed by atoms with van der Waals surface area (Å²) in [4.78, 5) is 4.63. The molecular formula is C20H32N4OS. The van der Waals surface area contributed by atoms with E-state index in [-0.39, 0.29) is 4.75 Å². The van der Waals surface area contributed by atoms with Crippen LogP contribution in [0.25, 0.3) is 10.9 Å². The molecule has 2 rings (SSSR count). The topological polar surface area (TPSA) is 58.4 Å². The third kappa shape index (κ3) is 6.16. The summed E-state index contributed by atoms with van der Waals surface area (Å²) >= 11 is 0. The number of para-hydroxylation sites is 1. The lowest BCUT2D eigenvalue weighted by molar-refractivity contribution is 0.646. The van der Waals surface area contributed by atoms with Gasteiger partial charge in [0.15, 0.2) is 5.96 Å². The zero-order chi connectivity index (χ0) is 19.0. The van der Waals surface area contributed by atoms with E-state index in [2.05, 4.69) is 63.6 Å². The fraction of sp³-hybridized carbons (Fsp3) is 0.550. The SMILES string of the molecule is CCNC(=NCCCn1ccc2ccccc21)NCCS(=O)C(C)(C)C. The predicted molar refractivity (Wildman–Crippen MR) is 113 cm³/mol. The van der Waals surface area contributed by atoms with E-state index in [9.17, 15) is 4.21 Å². The first-order valence-electron chi connectivity index (χ1n) is 9.36. The number of benzene rings is 1. The molecule has 26 heavy (non-hydrogen) atoms. The summed E-state index contributed by atoms with van der Waals surface area (Å²) in [5, 5.41) is 7.81. The van der Waals surface area contributed by atoms with Crippen molar-refractivity contribution in [3.8, 4) is 0 Å². The normalized spacial score (nSPS) is 13.8. The van der Waals surface area contributed by atoms with Crippen LogP contribution in [-0.4, -0.2) is 44.9 Å². The molecule has 0 aliphatic heterocycles. The van der Waals surface area contributed by atoms with E-state index in [4.69, 9.17) is 0 Å². The van der Waals surface area contributed by atoms with E-state index in [1.165, 1.54) is 10.9 Å². The van der Waals surface area contributed by atoms with Gasteiger partial charge in [-0.05, 0) is 51.6 Å². The van der Waals surface area contributed by atoms with Crippen LogP contribution in [0.2, 0.25) is 0 Å². The minimum Gasteiger partial charge on any atom is -0.357 e. The molecule has 1 aromatic heterocycles. The van der Waals surface area contributed by atoms with Gasteiger partial charge in [-0.15, -0.1) is 0 Å². The molecule has 0 radical (unpaired) electrons. The summed E-state index contributed by atoms with van der Waals surface area (Å²) in [6, 6.07) is 10.6. The molecule has 0 bridgehead atoms. The number of nitrogens with zero attached hydrogens (tertiary/aromatic N) is 2. The number of hydrogen-bond donors (Lipinski definition) is 2. The number of fused-ring (bicyclic) bond motifs is 1. The van der Waals surface area contributed by atoms with E-state index >= 15 is 0 Å². The van der Waals surface area contributed by atoms with E-state index in [1.54, 1.807) is 0 Å². The fourth-order valence-corrected chi connectivity index (χ4v) is 3.58. The summed E-state index contributed by atoms with van der Waals surface area (Å²) in [5.74, 6) is 1.43. The molecule has 1 atom stereocenters. The summed E-state index contributed by atoms with van der Waals surface area (Å²) in [6.07, 6.45) is 3.11. The van der Waals surface area contributed by atoms with Crippen LogP contribution in [0.5, 0.6) is 0 Å². The molecule has 5 nitrogen and oxygen atoms in total. The number of aryl methyl sites for hydroxylation is 1. The minimum absolute atomic E-state index is 0.170. The zero-order valence-electron chi connectivity index (χ0n) is 16.4. The highest BCUT2D eigenvalue weighted by atomic mass is 32.2. The molecule has 0 spiro atoms. The van der Waals surface area contributed by atoms with Crippen LogP contribution in [0.1, 0.15) is 34.1 Å². The van der Waals surface area contributed by atoms with Crippen LogP contribution in [0, 0.1) is 0 Å². The van der Waals surface area contributed by atoms with Crippen molar-refractivity contribution in [2.24, 2.45) is 4.99 Å². The average Bonchev–Trinajstić information content (AvgIpc) is 3.01. The Bertz CT molecular complexity index is 746. The van der Waals surface area contributed by atoms with Crippen LogP contribution in [0.3, 0.4) is 0 Å². The van der Waals surface area contributed by atoms with Gasteiger partial charge >= 0.3 is 0 Å². The molecule has 2 aromatic rings. The molecule has 6 heteroatoms. The second-order valence-corrected chi connectivity index (χ2v) is 9.59. The maximum absolute atomic E-state index is 12.1. The van der Waals surface area contributed by atoms with Crippen molar-refractivity contribution < 1.29 is 4.21 Å². The Morgan fingerprint density at radius 2 is 1.96 bits per heavy atom. The highest BCUT2D eigenvalue weighted by Crippen LogP contribution is 2.15. The van der Waals surface area contributed by atoms with Crippen molar-refractivity contribution in [2.75, 3.05) is 25.4 Å². The first-order valence-corrected chi connectivity index (χ1v) is 10.7. The van der Waals surface area contributed by atoms with Gasteiger partial charge in [-0.25, -0.2) is 0 Å². The van der Waals surface area contributed by atoms with Crippen molar-refractivity contribution >= 4 is 27.7 Å². The van der Waals surface area contributed by atoms with E-state index in [0.717, 1.165) is 32.0 Å². The van der Waals surface area contributed by atoms with Crippen molar-refractivity contribution in [1.82, 2.24) is 15.2 Å². The Hall–Kier alpha value is -1.82. The van der Waals surface area contributed by atoms with E-state index < -0.39 is 10.8 Å². The second-order valence-electron chi connectivity index (χ2n) is 7.27. The van der Waals surface area contributed by atoms with Crippen molar-refractivity contribution in [2.45, 2.75) is 45.4 Å². The molecule has 0 saturated carbocycles. The summed E-state index contributed by atoms with van der Waals surface area (Å²) in [6.45, 7) is 11.3. The lowest BCUT2D eigenvalue weighted by atomic mass is 10.2. The number of hydrogen-bond acceptors (Lipinski definition) is 2. The highest BCUT2D eigenvalue weighted by molar-refractivity contribution is 7.86. The van der Waals surface area contributed by atoms with E-state index in [1.807, 2.05) is 20.8 Å². The molecular weight excluding hydrogens is 344 g/mol. The summed E-state index contributed by atoms with van der Waals surface area (Å²) in [5.41, 5.74) is 1.27. The lowest BCUT2D eigenvalue weighted by Gasteiger charge is -2.18. The molecule has 144 valence electrons. The first-order chi connectivity index (χ1) is 12.4.